The van der Waals surface area contributed by atoms with Crippen molar-refractivity contribution in [1.82, 2.24) is 5.32 Å². The van der Waals surface area contributed by atoms with Gasteiger partial charge in [-0.05, 0) is 62.3 Å². The highest BCUT2D eigenvalue weighted by Gasteiger charge is 2.26. The molecule has 2 aliphatic rings. The highest BCUT2D eigenvalue weighted by Crippen LogP contribution is 2.27. The number of carbonyl (C=O) groups is 2. The van der Waals surface area contributed by atoms with E-state index in [4.69, 9.17) is 5.73 Å². The molecule has 0 heterocycles. The normalized spacial score (nSPS) is 23.6. The van der Waals surface area contributed by atoms with Crippen LogP contribution < -0.4 is 16.4 Å². The Morgan fingerprint density at radius 1 is 1.12 bits per heavy atom. The molecule has 2 aliphatic carbocycles. The molecule has 0 aliphatic heterocycles. The second-order valence-electron chi connectivity index (χ2n) is 7.59. The lowest BCUT2D eigenvalue weighted by Gasteiger charge is -2.16. The fraction of sp³-hybridized carbons (Fsp3) is 0.600. The summed E-state index contributed by atoms with van der Waals surface area (Å²) < 4.78 is 0. The molecule has 0 saturated heterocycles. The zero-order valence-corrected chi connectivity index (χ0v) is 15.0. The van der Waals surface area contributed by atoms with Gasteiger partial charge in [-0.15, -0.1) is 0 Å². The Morgan fingerprint density at radius 2 is 1.88 bits per heavy atom. The van der Waals surface area contributed by atoms with Gasteiger partial charge in [-0.2, -0.15) is 0 Å². The van der Waals surface area contributed by atoms with Gasteiger partial charge in [0.25, 0.3) is 5.91 Å². The average Bonchev–Trinajstić information content (AvgIpc) is 3.22. The summed E-state index contributed by atoms with van der Waals surface area (Å²) in [5.74, 6) is 0.273. The van der Waals surface area contributed by atoms with E-state index in [1.165, 1.54) is 12.8 Å². The van der Waals surface area contributed by atoms with Gasteiger partial charge in [0.2, 0.25) is 5.91 Å². The van der Waals surface area contributed by atoms with Crippen LogP contribution in [0.1, 0.15) is 67.3 Å². The molecule has 2 saturated carbocycles. The maximum Gasteiger partial charge on any atom is 0.251 e. The minimum absolute atomic E-state index is 0.00797. The van der Waals surface area contributed by atoms with Gasteiger partial charge in [0.15, 0.2) is 0 Å². The van der Waals surface area contributed by atoms with Crippen molar-refractivity contribution in [2.24, 2.45) is 11.7 Å². The molecule has 5 nitrogen and oxygen atoms in total. The summed E-state index contributed by atoms with van der Waals surface area (Å²) in [4.78, 5) is 24.6. The number of rotatable bonds is 5. The summed E-state index contributed by atoms with van der Waals surface area (Å²) in [5, 5.41) is 6.07. The van der Waals surface area contributed by atoms with E-state index in [9.17, 15) is 9.59 Å². The first-order valence-corrected chi connectivity index (χ1v) is 9.50. The van der Waals surface area contributed by atoms with E-state index in [1.54, 1.807) is 6.07 Å². The topological polar surface area (TPSA) is 84.2 Å². The highest BCUT2D eigenvalue weighted by atomic mass is 16.2. The fourth-order valence-electron chi connectivity index (χ4n) is 4.04. The van der Waals surface area contributed by atoms with Crippen molar-refractivity contribution in [2.75, 3.05) is 5.32 Å². The zero-order chi connectivity index (χ0) is 17.8. The number of hydrogen-bond donors (Lipinski definition) is 3. The molecule has 1 aromatic carbocycles. The lowest BCUT2D eigenvalue weighted by atomic mass is 9.99. The van der Waals surface area contributed by atoms with Gasteiger partial charge < -0.3 is 16.4 Å². The Kier molecular flexibility index (Phi) is 5.74. The summed E-state index contributed by atoms with van der Waals surface area (Å²) in [6, 6.07) is 5.91. The minimum atomic E-state index is -0.0233. The van der Waals surface area contributed by atoms with Crippen LogP contribution in [0.5, 0.6) is 0 Å². The molecule has 0 unspecified atom stereocenters. The fourth-order valence-corrected chi connectivity index (χ4v) is 4.04. The molecule has 25 heavy (non-hydrogen) atoms. The van der Waals surface area contributed by atoms with Gasteiger partial charge >= 0.3 is 0 Å². The third kappa shape index (κ3) is 4.60. The predicted octanol–water partition coefficient (Wildman–Crippen LogP) is 3.12. The molecular weight excluding hydrogens is 314 g/mol. The number of anilines is 1. The van der Waals surface area contributed by atoms with Crippen molar-refractivity contribution in [3.05, 3.63) is 29.3 Å². The third-order valence-electron chi connectivity index (χ3n) is 5.62. The molecule has 4 N–H and O–H groups in total. The Balaban J connectivity index is 1.57. The van der Waals surface area contributed by atoms with E-state index in [0.29, 0.717) is 18.0 Å². The largest absolute Gasteiger partial charge is 0.349 e. The van der Waals surface area contributed by atoms with Crippen LogP contribution >= 0.6 is 0 Å². The van der Waals surface area contributed by atoms with Crippen LogP contribution in [0.15, 0.2) is 18.2 Å². The monoisotopic (exact) mass is 343 g/mol. The van der Waals surface area contributed by atoms with E-state index >= 15 is 0 Å². The summed E-state index contributed by atoms with van der Waals surface area (Å²) in [5.41, 5.74) is 8.38. The van der Waals surface area contributed by atoms with Crippen LogP contribution in [0.25, 0.3) is 0 Å². The van der Waals surface area contributed by atoms with Gasteiger partial charge in [0, 0.05) is 29.8 Å². The van der Waals surface area contributed by atoms with Crippen molar-refractivity contribution < 1.29 is 9.59 Å². The van der Waals surface area contributed by atoms with E-state index < -0.39 is 0 Å². The maximum atomic E-state index is 12.3. The molecule has 2 amide bonds. The Morgan fingerprint density at radius 3 is 2.52 bits per heavy atom. The summed E-state index contributed by atoms with van der Waals surface area (Å²) in [6.07, 6.45) is 8.17. The molecule has 2 atom stereocenters. The van der Waals surface area contributed by atoms with Crippen molar-refractivity contribution in [3.8, 4) is 0 Å². The predicted molar refractivity (Wildman–Crippen MR) is 99.5 cm³/mol. The minimum Gasteiger partial charge on any atom is -0.349 e. The van der Waals surface area contributed by atoms with E-state index in [0.717, 1.165) is 43.4 Å². The first kappa shape index (κ1) is 17.9. The Labute approximate surface area is 149 Å². The highest BCUT2D eigenvalue weighted by molar-refractivity contribution is 5.96. The molecule has 0 radical (unpaired) electrons. The van der Waals surface area contributed by atoms with Gasteiger partial charge in [-0.25, -0.2) is 0 Å². The molecule has 1 aromatic rings. The Bertz CT molecular complexity index is 638. The lowest BCUT2D eigenvalue weighted by Crippen LogP contribution is -2.32. The summed E-state index contributed by atoms with van der Waals surface area (Å²) >= 11 is 0. The smallest absolute Gasteiger partial charge is 0.251 e. The number of hydrogen-bond acceptors (Lipinski definition) is 3. The van der Waals surface area contributed by atoms with Crippen LogP contribution in [0, 0.1) is 12.8 Å². The van der Waals surface area contributed by atoms with E-state index in [2.05, 4.69) is 10.6 Å². The molecular formula is C20H29N3O2. The molecule has 3 rings (SSSR count). The molecule has 5 heteroatoms. The first-order chi connectivity index (χ1) is 12.0. The van der Waals surface area contributed by atoms with Crippen molar-refractivity contribution in [2.45, 2.75) is 70.4 Å². The standard InChI is InChI=1S/C20H29N3O2/c1-13-11-15(20(25)22-16-6-2-3-7-16)9-10-18(13)23-19(24)12-14-5-4-8-17(14)21/h9-11,14,16-17H,2-8,12,21H2,1H3,(H,22,25)(H,23,24)/t14-,17+/m0/s1. The average molecular weight is 343 g/mol. The van der Waals surface area contributed by atoms with E-state index in [1.807, 2.05) is 19.1 Å². The molecule has 0 aromatic heterocycles. The number of carbonyl (C=O) groups excluding carboxylic acids is 2. The summed E-state index contributed by atoms with van der Waals surface area (Å²) in [6.45, 7) is 1.92. The number of aryl methyl sites for hydroxylation is 1. The van der Waals surface area contributed by atoms with E-state index in [-0.39, 0.29) is 23.8 Å². The quantitative estimate of drug-likeness (QED) is 0.768. The zero-order valence-electron chi connectivity index (χ0n) is 15.0. The van der Waals surface area contributed by atoms with Gasteiger partial charge in [-0.1, -0.05) is 19.3 Å². The third-order valence-corrected chi connectivity index (χ3v) is 5.62. The molecule has 0 spiro atoms. The van der Waals surface area contributed by atoms with Crippen LogP contribution in [0.2, 0.25) is 0 Å². The second kappa shape index (κ2) is 8.00. The Hall–Kier alpha value is -1.88. The van der Waals surface area contributed by atoms with Crippen LogP contribution in [0.4, 0.5) is 5.69 Å². The SMILES string of the molecule is Cc1cc(C(=O)NC2CCCC2)ccc1NC(=O)C[C@@H]1CCC[C@H]1N. The first-order valence-electron chi connectivity index (χ1n) is 9.50. The lowest BCUT2D eigenvalue weighted by molar-refractivity contribution is -0.117. The van der Waals surface area contributed by atoms with Crippen LogP contribution in [-0.4, -0.2) is 23.9 Å². The van der Waals surface area contributed by atoms with Gasteiger partial charge in [0.1, 0.15) is 0 Å². The summed E-state index contributed by atoms with van der Waals surface area (Å²) in [7, 11) is 0. The number of nitrogens with two attached hydrogens (primary N) is 1. The van der Waals surface area contributed by atoms with Crippen molar-refractivity contribution >= 4 is 17.5 Å². The molecule has 0 bridgehead atoms. The van der Waals surface area contributed by atoms with Crippen LogP contribution in [-0.2, 0) is 4.79 Å². The van der Waals surface area contributed by atoms with Crippen molar-refractivity contribution in [3.63, 3.8) is 0 Å². The van der Waals surface area contributed by atoms with Crippen LogP contribution in [0.3, 0.4) is 0 Å². The molecule has 2 fully saturated rings. The number of benzene rings is 1. The maximum absolute atomic E-state index is 12.3. The van der Waals surface area contributed by atoms with Crippen molar-refractivity contribution in [1.29, 1.82) is 0 Å². The molecule has 136 valence electrons. The number of nitrogens with one attached hydrogen (secondary N) is 2. The van der Waals surface area contributed by atoms with Gasteiger partial charge in [0.05, 0.1) is 0 Å². The van der Waals surface area contributed by atoms with Gasteiger partial charge in [-0.3, -0.25) is 9.59 Å². The number of amides is 2. The second-order valence-corrected chi connectivity index (χ2v) is 7.59.